The van der Waals surface area contributed by atoms with Crippen LogP contribution in [-0.4, -0.2) is 17.5 Å². The van der Waals surface area contributed by atoms with Crippen LogP contribution >= 0.6 is 0 Å². The molecule has 14 heavy (non-hydrogen) atoms. The molecule has 0 saturated heterocycles. The standard InChI is InChI=1S/C11H20N2O/c1-4-13(9(2)3)8-11-6-5-10(7-12)14-11/h5-6,9H,4,7-8,12H2,1-3H3. The monoisotopic (exact) mass is 196 g/mol. The molecule has 0 aliphatic rings. The van der Waals surface area contributed by atoms with Crippen molar-refractivity contribution in [3.8, 4) is 0 Å². The van der Waals surface area contributed by atoms with Gasteiger partial charge in [-0.05, 0) is 32.5 Å². The normalized spacial score (nSPS) is 11.6. The summed E-state index contributed by atoms with van der Waals surface area (Å²) in [7, 11) is 0. The van der Waals surface area contributed by atoms with Gasteiger partial charge in [0.1, 0.15) is 11.5 Å². The Morgan fingerprint density at radius 2 is 2.00 bits per heavy atom. The quantitative estimate of drug-likeness (QED) is 0.783. The van der Waals surface area contributed by atoms with Crippen molar-refractivity contribution in [1.29, 1.82) is 0 Å². The lowest BCUT2D eigenvalue weighted by Gasteiger charge is -2.23. The van der Waals surface area contributed by atoms with Crippen molar-refractivity contribution in [2.45, 2.75) is 39.9 Å². The molecule has 2 N–H and O–H groups in total. The van der Waals surface area contributed by atoms with Crippen LogP contribution in [0.25, 0.3) is 0 Å². The van der Waals surface area contributed by atoms with Gasteiger partial charge in [0.15, 0.2) is 0 Å². The van der Waals surface area contributed by atoms with E-state index in [9.17, 15) is 0 Å². The molecule has 3 heteroatoms. The molecule has 0 aliphatic carbocycles. The summed E-state index contributed by atoms with van der Waals surface area (Å²) in [6.07, 6.45) is 0. The third-order valence-electron chi connectivity index (χ3n) is 2.41. The van der Waals surface area contributed by atoms with Crippen LogP contribution in [0.15, 0.2) is 16.5 Å². The van der Waals surface area contributed by atoms with Crippen LogP contribution in [0.4, 0.5) is 0 Å². The van der Waals surface area contributed by atoms with Gasteiger partial charge in [-0.15, -0.1) is 0 Å². The van der Waals surface area contributed by atoms with E-state index in [2.05, 4.69) is 25.7 Å². The lowest BCUT2D eigenvalue weighted by atomic mass is 10.3. The Balaban J connectivity index is 2.57. The first-order valence-corrected chi connectivity index (χ1v) is 5.19. The Bertz CT molecular complexity index is 268. The lowest BCUT2D eigenvalue weighted by molar-refractivity contribution is 0.205. The first-order valence-electron chi connectivity index (χ1n) is 5.19. The predicted octanol–water partition coefficient (Wildman–Crippen LogP) is 1.97. The molecule has 0 unspecified atom stereocenters. The second-order valence-electron chi connectivity index (χ2n) is 3.73. The summed E-state index contributed by atoms with van der Waals surface area (Å²) in [5.41, 5.74) is 5.48. The topological polar surface area (TPSA) is 42.4 Å². The van der Waals surface area contributed by atoms with Crippen molar-refractivity contribution in [2.75, 3.05) is 6.54 Å². The van der Waals surface area contributed by atoms with Crippen LogP contribution in [0.5, 0.6) is 0 Å². The summed E-state index contributed by atoms with van der Waals surface area (Å²) >= 11 is 0. The number of hydrogen-bond acceptors (Lipinski definition) is 3. The first kappa shape index (κ1) is 11.3. The Morgan fingerprint density at radius 1 is 1.36 bits per heavy atom. The third kappa shape index (κ3) is 2.86. The minimum Gasteiger partial charge on any atom is -0.463 e. The molecule has 0 aromatic carbocycles. The molecular weight excluding hydrogens is 176 g/mol. The number of furan rings is 1. The molecule has 0 atom stereocenters. The molecule has 1 heterocycles. The molecule has 0 saturated carbocycles. The Labute approximate surface area is 85.9 Å². The van der Waals surface area contributed by atoms with E-state index >= 15 is 0 Å². The van der Waals surface area contributed by atoms with E-state index in [0.29, 0.717) is 12.6 Å². The Morgan fingerprint density at radius 3 is 2.43 bits per heavy atom. The molecule has 0 spiro atoms. The average Bonchev–Trinajstić information content (AvgIpc) is 2.61. The Hall–Kier alpha value is -0.800. The van der Waals surface area contributed by atoms with Crippen LogP contribution in [0.3, 0.4) is 0 Å². The van der Waals surface area contributed by atoms with E-state index in [1.165, 1.54) is 0 Å². The summed E-state index contributed by atoms with van der Waals surface area (Å²) in [5, 5.41) is 0. The van der Waals surface area contributed by atoms with E-state index in [1.807, 2.05) is 12.1 Å². The lowest BCUT2D eigenvalue weighted by Crippen LogP contribution is -2.29. The molecular formula is C11H20N2O. The van der Waals surface area contributed by atoms with Crippen molar-refractivity contribution in [3.05, 3.63) is 23.7 Å². The summed E-state index contributed by atoms with van der Waals surface area (Å²) in [6, 6.07) is 4.50. The van der Waals surface area contributed by atoms with E-state index in [-0.39, 0.29) is 0 Å². The third-order valence-corrected chi connectivity index (χ3v) is 2.41. The SMILES string of the molecule is CCN(Cc1ccc(CN)o1)C(C)C. The van der Waals surface area contributed by atoms with Crippen LogP contribution in [0, 0.1) is 0 Å². The van der Waals surface area contributed by atoms with Crippen molar-refractivity contribution in [3.63, 3.8) is 0 Å². The fraction of sp³-hybridized carbons (Fsp3) is 0.636. The van der Waals surface area contributed by atoms with Gasteiger partial charge in [0.25, 0.3) is 0 Å². The first-order chi connectivity index (χ1) is 6.67. The van der Waals surface area contributed by atoms with Crippen molar-refractivity contribution >= 4 is 0 Å². The minimum atomic E-state index is 0.480. The molecule has 0 bridgehead atoms. The molecule has 0 amide bonds. The van der Waals surface area contributed by atoms with Gasteiger partial charge < -0.3 is 10.2 Å². The summed E-state index contributed by atoms with van der Waals surface area (Å²) < 4.78 is 5.55. The fourth-order valence-corrected chi connectivity index (χ4v) is 1.48. The predicted molar refractivity (Wildman–Crippen MR) is 57.8 cm³/mol. The molecule has 0 aliphatic heterocycles. The number of rotatable bonds is 5. The van der Waals surface area contributed by atoms with Gasteiger partial charge in [-0.3, -0.25) is 4.90 Å². The van der Waals surface area contributed by atoms with Gasteiger partial charge in [0, 0.05) is 6.04 Å². The van der Waals surface area contributed by atoms with Crippen molar-refractivity contribution in [2.24, 2.45) is 5.73 Å². The van der Waals surface area contributed by atoms with Gasteiger partial charge in [0.2, 0.25) is 0 Å². The highest BCUT2D eigenvalue weighted by molar-refractivity contribution is 5.06. The number of nitrogens with two attached hydrogens (primary N) is 1. The molecule has 1 aromatic heterocycles. The molecule has 80 valence electrons. The van der Waals surface area contributed by atoms with E-state index in [0.717, 1.165) is 24.6 Å². The Kier molecular flexibility index (Phi) is 4.17. The van der Waals surface area contributed by atoms with Gasteiger partial charge >= 0.3 is 0 Å². The van der Waals surface area contributed by atoms with Crippen LogP contribution in [0.1, 0.15) is 32.3 Å². The maximum atomic E-state index is 5.55. The molecule has 3 nitrogen and oxygen atoms in total. The molecule has 1 aromatic rings. The second-order valence-corrected chi connectivity index (χ2v) is 3.73. The average molecular weight is 196 g/mol. The fourth-order valence-electron chi connectivity index (χ4n) is 1.48. The summed E-state index contributed by atoms with van der Waals surface area (Å²) in [5.74, 6) is 1.86. The zero-order chi connectivity index (χ0) is 10.6. The summed E-state index contributed by atoms with van der Waals surface area (Å²) in [4.78, 5) is 2.35. The van der Waals surface area contributed by atoms with Crippen LogP contribution in [-0.2, 0) is 13.1 Å². The van der Waals surface area contributed by atoms with Crippen LogP contribution < -0.4 is 5.73 Å². The van der Waals surface area contributed by atoms with Gasteiger partial charge in [-0.25, -0.2) is 0 Å². The maximum absolute atomic E-state index is 5.55. The number of hydrogen-bond donors (Lipinski definition) is 1. The van der Waals surface area contributed by atoms with E-state index < -0.39 is 0 Å². The molecule has 1 rings (SSSR count). The van der Waals surface area contributed by atoms with E-state index in [1.54, 1.807) is 0 Å². The van der Waals surface area contributed by atoms with Crippen LogP contribution in [0.2, 0.25) is 0 Å². The highest BCUT2D eigenvalue weighted by Crippen LogP contribution is 2.11. The smallest absolute Gasteiger partial charge is 0.118 e. The van der Waals surface area contributed by atoms with Gasteiger partial charge in [0.05, 0.1) is 13.1 Å². The zero-order valence-corrected chi connectivity index (χ0v) is 9.29. The van der Waals surface area contributed by atoms with Gasteiger partial charge in [-0.1, -0.05) is 6.92 Å². The highest BCUT2D eigenvalue weighted by Gasteiger charge is 2.09. The van der Waals surface area contributed by atoms with Crippen molar-refractivity contribution < 1.29 is 4.42 Å². The second kappa shape index (κ2) is 5.17. The zero-order valence-electron chi connectivity index (χ0n) is 9.29. The number of nitrogens with zero attached hydrogens (tertiary/aromatic N) is 1. The maximum Gasteiger partial charge on any atom is 0.118 e. The van der Waals surface area contributed by atoms with Crippen molar-refractivity contribution in [1.82, 2.24) is 4.90 Å². The molecule has 0 fully saturated rings. The summed E-state index contributed by atoms with van der Waals surface area (Å²) in [6.45, 7) is 8.93. The largest absolute Gasteiger partial charge is 0.463 e. The van der Waals surface area contributed by atoms with Gasteiger partial charge in [-0.2, -0.15) is 0 Å². The minimum absolute atomic E-state index is 0.480. The van der Waals surface area contributed by atoms with E-state index in [4.69, 9.17) is 10.2 Å². The molecule has 0 radical (unpaired) electrons. The highest BCUT2D eigenvalue weighted by atomic mass is 16.3.